The number of carbonyl (C=O) groups excluding carboxylic acids is 1. The van der Waals surface area contributed by atoms with Gasteiger partial charge in [-0.25, -0.2) is 0 Å². The number of amides is 1. The molecule has 1 aromatic carbocycles. The summed E-state index contributed by atoms with van der Waals surface area (Å²) in [5, 5.41) is 7.15. The van der Waals surface area contributed by atoms with Crippen molar-refractivity contribution in [1.82, 2.24) is 9.78 Å². The Kier molecular flexibility index (Phi) is 5.03. The highest BCUT2D eigenvalue weighted by atomic mass is 19.4. The van der Waals surface area contributed by atoms with E-state index >= 15 is 0 Å². The zero-order valence-electron chi connectivity index (χ0n) is 15.4. The molecular formula is C18H21F3N4O2. The zero-order chi connectivity index (χ0) is 19.8. The van der Waals surface area contributed by atoms with Crippen molar-refractivity contribution in [3.05, 3.63) is 35.2 Å². The van der Waals surface area contributed by atoms with Gasteiger partial charge >= 0.3 is 6.36 Å². The molecule has 0 saturated heterocycles. The number of alkyl halides is 3. The average Bonchev–Trinajstić information content (AvgIpc) is 2.79. The maximum absolute atomic E-state index is 12.5. The van der Waals surface area contributed by atoms with E-state index in [1.807, 2.05) is 18.7 Å². The molecule has 0 aliphatic carbocycles. The van der Waals surface area contributed by atoms with Gasteiger partial charge < -0.3 is 15.0 Å². The van der Waals surface area contributed by atoms with Crippen molar-refractivity contribution in [2.24, 2.45) is 7.05 Å². The molecule has 0 saturated carbocycles. The first-order valence-corrected chi connectivity index (χ1v) is 8.57. The van der Waals surface area contributed by atoms with Crippen LogP contribution in [0.1, 0.15) is 23.4 Å². The van der Waals surface area contributed by atoms with E-state index in [2.05, 4.69) is 15.2 Å². The highest BCUT2D eigenvalue weighted by Crippen LogP contribution is 2.32. The van der Waals surface area contributed by atoms with Gasteiger partial charge in [0.2, 0.25) is 5.91 Å². The second kappa shape index (κ2) is 7.13. The molecule has 2 aromatic rings. The number of benzene rings is 1. The first kappa shape index (κ1) is 19.1. The van der Waals surface area contributed by atoms with Crippen molar-refractivity contribution >= 4 is 17.3 Å². The Morgan fingerprint density at radius 2 is 2.07 bits per heavy atom. The maximum atomic E-state index is 12.5. The molecule has 1 aromatic heterocycles. The van der Waals surface area contributed by atoms with E-state index in [9.17, 15) is 18.0 Å². The Bertz CT molecular complexity index is 861. The van der Waals surface area contributed by atoms with Gasteiger partial charge in [-0.15, -0.1) is 13.2 Å². The minimum Gasteiger partial charge on any atom is -0.406 e. The van der Waals surface area contributed by atoms with E-state index < -0.39 is 6.36 Å². The van der Waals surface area contributed by atoms with Crippen LogP contribution in [0.2, 0.25) is 0 Å². The van der Waals surface area contributed by atoms with E-state index in [0.717, 1.165) is 29.1 Å². The molecular weight excluding hydrogens is 361 g/mol. The molecule has 1 N–H and O–H groups in total. The Morgan fingerprint density at radius 3 is 2.70 bits per heavy atom. The quantitative estimate of drug-likeness (QED) is 0.881. The van der Waals surface area contributed by atoms with Crippen LogP contribution in [0, 0.1) is 13.8 Å². The standard InChI is InChI=1S/C18H21F3N4O2/c1-11-17(12(2)24(3)23-11)22-16(26)10-25-8-4-5-13-9-14(6-7-15(13)25)27-18(19,20)21/h6-7,9H,4-5,8,10H2,1-3H3,(H,22,26). The number of halogens is 3. The summed E-state index contributed by atoms with van der Waals surface area (Å²) in [6.07, 6.45) is -3.33. The van der Waals surface area contributed by atoms with Gasteiger partial charge in [-0.1, -0.05) is 0 Å². The SMILES string of the molecule is Cc1nn(C)c(C)c1NC(=O)CN1CCCc2cc(OC(F)(F)F)ccc21. The number of hydrogen-bond acceptors (Lipinski definition) is 4. The largest absolute Gasteiger partial charge is 0.573 e. The molecule has 1 aliphatic heterocycles. The van der Waals surface area contributed by atoms with Crippen LogP contribution >= 0.6 is 0 Å². The molecule has 0 radical (unpaired) electrons. The van der Waals surface area contributed by atoms with Gasteiger partial charge in [0, 0.05) is 19.3 Å². The van der Waals surface area contributed by atoms with Gasteiger partial charge in [0.05, 0.1) is 23.6 Å². The van der Waals surface area contributed by atoms with Gasteiger partial charge in [-0.3, -0.25) is 9.48 Å². The number of aromatic nitrogens is 2. The average molecular weight is 382 g/mol. The van der Waals surface area contributed by atoms with E-state index in [0.29, 0.717) is 18.7 Å². The molecule has 27 heavy (non-hydrogen) atoms. The lowest BCUT2D eigenvalue weighted by atomic mass is 10.0. The maximum Gasteiger partial charge on any atom is 0.573 e. The fraction of sp³-hybridized carbons (Fsp3) is 0.444. The number of nitrogens with zero attached hydrogens (tertiary/aromatic N) is 3. The summed E-state index contributed by atoms with van der Waals surface area (Å²) in [7, 11) is 1.81. The molecule has 0 fully saturated rings. The summed E-state index contributed by atoms with van der Waals surface area (Å²) in [5.41, 5.74) is 3.77. The Hall–Kier alpha value is -2.71. The minimum atomic E-state index is -4.72. The lowest BCUT2D eigenvalue weighted by Gasteiger charge is -2.31. The molecule has 146 valence electrons. The molecule has 0 spiro atoms. The van der Waals surface area contributed by atoms with E-state index in [4.69, 9.17) is 0 Å². The lowest BCUT2D eigenvalue weighted by molar-refractivity contribution is -0.274. The molecule has 0 bridgehead atoms. The van der Waals surface area contributed by atoms with Gasteiger partial charge in [0.15, 0.2) is 0 Å². The first-order valence-electron chi connectivity index (χ1n) is 8.57. The Labute approximate surface area is 154 Å². The fourth-order valence-corrected chi connectivity index (χ4v) is 3.32. The topological polar surface area (TPSA) is 59.4 Å². The smallest absolute Gasteiger partial charge is 0.406 e. The van der Waals surface area contributed by atoms with Crippen molar-refractivity contribution in [3.63, 3.8) is 0 Å². The third-order valence-electron chi connectivity index (χ3n) is 4.61. The fourth-order valence-electron chi connectivity index (χ4n) is 3.32. The number of ether oxygens (including phenoxy) is 1. The van der Waals surface area contributed by atoms with Crippen LogP contribution in [0.15, 0.2) is 18.2 Å². The van der Waals surface area contributed by atoms with E-state index in [1.54, 1.807) is 17.8 Å². The first-order chi connectivity index (χ1) is 12.6. The minimum absolute atomic E-state index is 0.111. The number of hydrogen-bond donors (Lipinski definition) is 1. The van der Waals surface area contributed by atoms with Crippen LogP contribution in [0.3, 0.4) is 0 Å². The highest BCUT2D eigenvalue weighted by Gasteiger charge is 2.31. The van der Waals surface area contributed by atoms with Crippen LogP contribution < -0.4 is 15.0 Å². The second-order valence-corrected chi connectivity index (χ2v) is 6.58. The molecule has 6 nitrogen and oxygen atoms in total. The highest BCUT2D eigenvalue weighted by molar-refractivity contribution is 5.95. The molecule has 1 aliphatic rings. The lowest BCUT2D eigenvalue weighted by Crippen LogP contribution is -2.37. The Morgan fingerprint density at radius 1 is 1.33 bits per heavy atom. The van der Waals surface area contributed by atoms with Crippen LogP contribution in [-0.4, -0.2) is 35.1 Å². The summed E-state index contributed by atoms with van der Waals surface area (Å²) in [6, 6.07) is 4.24. The molecule has 3 rings (SSSR count). The number of anilines is 2. The van der Waals surface area contributed by atoms with Crippen LogP contribution in [0.5, 0.6) is 5.75 Å². The van der Waals surface area contributed by atoms with Crippen molar-refractivity contribution in [3.8, 4) is 5.75 Å². The summed E-state index contributed by atoms with van der Waals surface area (Å²) in [5.74, 6) is -0.438. The third kappa shape index (κ3) is 4.35. The number of aryl methyl sites for hydroxylation is 3. The predicted molar refractivity (Wildman–Crippen MR) is 95.0 cm³/mol. The van der Waals surface area contributed by atoms with E-state index in [1.165, 1.54) is 12.1 Å². The zero-order valence-corrected chi connectivity index (χ0v) is 15.4. The van der Waals surface area contributed by atoms with Gasteiger partial charge in [-0.2, -0.15) is 5.10 Å². The van der Waals surface area contributed by atoms with E-state index in [-0.39, 0.29) is 18.2 Å². The molecule has 0 unspecified atom stereocenters. The number of fused-ring (bicyclic) bond motifs is 1. The number of carbonyl (C=O) groups is 1. The Balaban J connectivity index is 1.73. The number of rotatable bonds is 4. The van der Waals surface area contributed by atoms with Gasteiger partial charge in [0.25, 0.3) is 0 Å². The summed E-state index contributed by atoms with van der Waals surface area (Å²) in [6.45, 7) is 4.46. The summed E-state index contributed by atoms with van der Waals surface area (Å²) in [4.78, 5) is 14.4. The third-order valence-corrected chi connectivity index (χ3v) is 4.61. The van der Waals surface area contributed by atoms with Crippen molar-refractivity contribution in [1.29, 1.82) is 0 Å². The van der Waals surface area contributed by atoms with Crippen molar-refractivity contribution in [2.75, 3.05) is 23.3 Å². The normalized spacial score (nSPS) is 14.1. The van der Waals surface area contributed by atoms with Gasteiger partial charge in [0.1, 0.15) is 5.75 Å². The van der Waals surface area contributed by atoms with Crippen LogP contribution in [0.4, 0.5) is 24.5 Å². The second-order valence-electron chi connectivity index (χ2n) is 6.58. The molecule has 9 heteroatoms. The molecule has 2 heterocycles. The molecule has 0 atom stereocenters. The summed E-state index contributed by atoms with van der Waals surface area (Å²) < 4.78 is 42.9. The van der Waals surface area contributed by atoms with Crippen molar-refractivity contribution in [2.45, 2.75) is 33.1 Å². The van der Waals surface area contributed by atoms with Crippen molar-refractivity contribution < 1.29 is 22.7 Å². The van der Waals surface area contributed by atoms with Crippen LogP contribution in [-0.2, 0) is 18.3 Å². The predicted octanol–water partition coefficient (Wildman–Crippen LogP) is 3.33. The molecule has 1 amide bonds. The summed E-state index contributed by atoms with van der Waals surface area (Å²) >= 11 is 0. The monoisotopic (exact) mass is 382 g/mol. The van der Waals surface area contributed by atoms with Crippen LogP contribution in [0.25, 0.3) is 0 Å². The number of nitrogens with one attached hydrogen (secondary N) is 1. The van der Waals surface area contributed by atoms with Gasteiger partial charge in [-0.05, 0) is 50.5 Å².